The molecule has 0 bridgehead atoms. The SMILES string of the molecule is CC(C(=O)NC1CCCCC1)N(Cc1ccccc1Cl)C(=O)CSCc1ccc(Br)cc1. The Bertz CT molecular complexity index is 903. The van der Waals surface area contributed by atoms with Crippen LogP contribution in [-0.4, -0.2) is 34.6 Å². The average Bonchev–Trinajstić information content (AvgIpc) is 2.80. The largest absolute Gasteiger partial charge is 0.352 e. The Morgan fingerprint density at radius 1 is 1.12 bits per heavy atom. The van der Waals surface area contributed by atoms with E-state index in [4.69, 9.17) is 11.6 Å². The van der Waals surface area contributed by atoms with Crippen LogP contribution in [0.2, 0.25) is 5.02 Å². The summed E-state index contributed by atoms with van der Waals surface area (Å²) in [5.74, 6) is 0.900. The fourth-order valence-electron chi connectivity index (χ4n) is 3.88. The highest BCUT2D eigenvalue weighted by molar-refractivity contribution is 9.10. The Balaban J connectivity index is 1.65. The third-order valence-corrected chi connectivity index (χ3v) is 7.71. The van der Waals surface area contributed by atoms with E-state index in [-0.39, 0.29) is 17.9 Å². The molecule has 1 aliphatic rings. The maximum atomic E-state index is 13.2. The first-order valence-electron chi connectivity index (χ1n) is 11.1. The number of carbonyl (C=O) groups is 2. The summed E-state index contributed by atoms with van der Waals surface area (Å²) in [4.78, 5) is 27.9. The zero-order valence-corrected chi connectivity index (χ0v) is 21.5. The van der Waals surface area contributed by atoms with Gasteiger partial charge in [-0.2, -0.15) is 0 Å². The summed E-state index contributed by atoms with van der Waals surface area (Å²) < 4.78 is 1.03. The number of amides is 2. The smallest absolute Gasteiger partial charge is 0.242 e. The molecule has 1 unspecified atom stereocenters. The summed E-state index contributed by atoms with van der Waals surface area (Å²) >= 11 is 11.4. The van der Waals surface area contributed by atoms with Crippen LogP contribution in [0.15, 0.2) is 53.0 Å². The van der Waals surface area contributed by atoms with E-state index in [1.54, 1.807) is 16.7 Å². The minimum atomic E-state index is -0.561. The number of carbonyl (C=O) groups excluding carboxylic acids is 2. The van der Waals surface area contributed by atoms with E-state index < -0.39 is 6.04 Å². The van der Waals surface area contributed by atoms with Crippen molar-refractivity contribution in [3.8, 4) is 0 Å². The Morgan fingerprint density at radius 3 is 2.50 bits per heavy atom. The van der Waals surface area contributed by atoms with Crippen LogP contribution in [-0.2, 0) is 21.9 Å². The minimum absolute atomic E-state index is 0.0571. The number of hydrogen-bond acceptors (Lipinski definition) is 3. The molecule has 0 radical (unpaired) electrons. The summed E-state index contributed by atoms with van der Waals surface area (Å²) in [6.07, 6.45) is 5.55. The van der Waals surface area contributed by atoms with Crippen LogP contribution < -0.4 is 5.32 Å². The fraction of sp³-hybridized carbons (Fsp3) is 0.440. The molecule has 1 aliphatic carbocycles. The van der Waals surface area contributed by atoms with Crippen LogP contribution in [0.3, 0.4) is 0 Å². The number of nitrogens with one attached hydrogen (secondary N) is 1. The van der Waals surface area contributed by atoms with Gasteiger partial charge < -0.3 is 10.2 Å². The predicted octanol–water partition coefficient (Wildman–Crippen LogP) is 6.20. The van der Waals surface area contributed by atoms with Crippen molar-refractivity contribution in [2.75, 3.05) is 5.75 Å². The predicted molar refractivity (Wildman–Crippen MR) is 137 cm³/mol. The fourth-order valence-corrected chi connectivity index (χ4v) is 5.21. The highest BCUT2D eigenvalue weighted by atomic mass is 79.9. The van der Waals surface area contributed by atoms with Crippen molar-refractivity contribution < 1.29 is 9.59 Å². The first-order valence-corrected chi connectivity index (χ1v) is 13.4. The number of rotatable bonds is 9. The highest BCUT2D eigenvalue weighted by Gasteiger charge is 2.28. The number of hydrogen-bond donors (Lipinski definition) is 1. The van der Waals surface area contributed by atoms with Gasteiger partial charge in [0.1, 0.15) is 6.04 Å². The third kappa shape index (κ3) is 7.53. The van der Waals surface area contributed by atoms with Crippen LogP contribution in [0.4, 0.5) is 0 Å². The zero-order valence-electron chi connectivity index (χ0n) is 18.4. The second kappa shape index (κ2) is 12.7. The van der Waals surface area contributed by atoms with E-state index in [9.17, 15) is 9.59 Å². The van der Waals surface area contributed by atoms with Gasteiger partial charge in [0.05, 0.1) is 5.75 Å². The topological polar surface area (TPSA) is 49.4 Å². The van der Waals surface area contributed by atoms with Crippen molar-refractivity contribution in [2.45, 2.75) is 63.4 Å². The van der Waals surface area contributed by atoms with E-state index in [0.29, 0.717) is 17.3 Å². The molecule has 0 aliphatic heterocycles. The summed E-state index contributed by atoms with van der Waals surface area (Å²) in [5.41, 5.74) is 2.00. The standard InChI is InChI=1S/C25H30BrClN2O2S/c1-18(25(31)28-22-8-3-2-4-9-22)29(15-20-7-5-6-10-23(20)27)24(30)17-32-16-19-11-13-21(26)14-12-19/h5-7,10-14,18,22H,2-4,8-9,15-17H2,1H3,(H,28,31). The summed E-state index contributed by atoms with van der Waals surface area (Å²) in [6, 6.07) is 15.2. The van der Waals surface area contributed by atoms with Gasteiger partial charge in [0.15, 0.2) is 0 Å². The normalized spacial score (nSPS) is 15.2. The Labute approximate surface area is 208 Å². The summed E-state index contributed by atoms with van der Waals surface area (Å²) in [6.45, 7) is 2.13. The van der Waals surface area contributed by atoms with Gasteiger partial charge in [-0.15, -0.1) is 11.8 Å². The minimum Gasteiger partial charge on any atom is -0.352 e. The van der Waals surface area contributed by atoms with Crippen molar-refractivity contribution in [2.24, 2.45) is 0 Å². The van der Waals surface area contributed by atoms with Gasteiger partial charge in [0.25, 0.3) is 0 Å². The molecule has 1 fully saturated rings. The second-order valence-electron chi connectivity index (χ2n) is 8.25. The molecule has 4 nitrogen and oxygen atoms in total. The number of nitrogens with zero attached hydrogens (tertiary/aromatic N) is 1. The number of benzene rings is 2. The Hall–Kier alpha value is -1.50. The number of halogens is 2. The summed E-state index contributed by atoms with van der Waals surface area (Å²) in [7, 11) is 0. The maximum absolute atomic E-state index is 13.2. The van der Waals surface area contributed by atoms with E-state index >= 15 is 0 Å². The van der Waals surface area contributed by atoms with Crippen LogP contribution in [0.1, 0.15) is 50.2 Å². The van der Waals surface area contributed by atoms with Gasteiger partial charge in [-0.25, -0.2) is 0 Å². The van der Waals surface area contributed by atoms with Crippen molar-refractivity contribution in [1.29, 1.82) is 0 Å². The quantitative estimate of drug-likeness (QED) is 0.414. The molecule has 3 rings (SSSR count). The number of thioether (sulfide) groups is 1. The molecule has 2 aromatic rings. The van der Waals surface area contributed by atoms with Gasteiger partial charge >= 0.3 is 0 Å². The molecule has 1 N–H and O–H groups in total. The van der Waals surface area contributed by atoms with Crippen LogP contribution in [0, 0.1) is 0 Å². The molecule has 32 heavy (non-hydrogen) atoms. The van der Waals surface area contributed by atoms with E-state index in [1.807, 2.05) is 55.5 Å². The lowest BCUT2D eigenvalue weighted by atomic mass is 9.95. The molecule has 0 spiro atoms. The lowest BCUT2D eigenvalue weighted by Crippen LogP contribution is -2.50. The molecule has 1 atom stereocenters. The van der Waals surface area contributed by atoms with E-state index in [1.165, 1.54) is 6.42 Å². The van der Waals surface area contributed by atoms with E-state index in [0.717, 1.165) is 47.0 Å². The lowest BCUT2D eigenvalue weighted by Gasteiger charge is -2.31. The van der Waals surface area contributed by atoms with Gasteiger partial charge in [-0.3, -0.25) is 9.59 Å². The average molecular weight is 538 g/mol. The lowest BCUT2D eigenvalue weighted by molar-refractivity contribution is -0.139. The van der Waals surface area contributed by atoms with Gasteiger partial charge in [0.2, 0.25) is 11.8 Å². The first kappa shape index (κ1) is 25.1. The molecule has 7 heteroatoms. The molecule has 1 saturated carbocycles. The summed E-state index contributed by atoms with van der Waals surface area (Å²) in [5, 5.41) is 3.77. The first-order chi connectivity index (χ1) is 15.4. The Kier molecular flexibility index (Phi) is 9.94. The molecular weight excluding hydrogens is 508 g/mol. The second-order valence-corrected chi connectivity index (χ2v) is 10.6. The highest BCUT2D eigenvalue weighted by Crippen LogP contribution is 2.22. The molecule has 0 heterocycles. The van der Waals surface area contributed by atoms with Crippen molar-refractivity contribution >= 4 is 51.1 Å². The van der Waals surface area contributed by atoms with Crippen LogP contribution in [0.5, 0.6) is 0 Å². The Morgan fingerprint density at radius 2 is 1.81 bits per heavy atom. The van der Waals surface area contributed by atoms with Crippen molar-refractivity contribution in [1.82, 2.24) is 10.2 Å². The molecule has 0 saturated heterocycles. The molecule has 0 aromatic heterocycles. The van der Waals surface area contributed by atoms with Crippen LogP contribution >= 0.6 is 39.3 Å². The van der Waals surface area contributed by atoms with Crippen molar-refractivity contribution in [3.05, 3.63) is 69.2 Å². The van der Waals surface area contributed by atoms with Gasteiger partial charge in [-0.05, 0) is 49.1 Å². The van der Waals surface area contributed by atoms with Gasteiger partial charge in [-0.1, -0.05) is 77.1 Å². The third-order valence-electron chi connectivity index (χ3n) is 5.82. The van der Waals surface area contributed by atoms with Crippen LogP contribution in [0.25, 0.3) is 0 Å². The molecule has 2 amide bonds. The molecular formula is C25H30BrClN2O2S. The monoisotopic (exact) mass is 536 g/mol. The van der Waals surface area contributed by atoms with E-state index in [2.05, 4.69) is 21.2 Å². The molecule has 2 aromatic carbocycles. The molecule has 172 valence electrons. The zero-order chi connectivity index (χ0) is 22.9. The maximum Gasteiger partial charge on any atom is 0.242 e. The van der Waals surface area contributed by atoms with Gasteiger partial charge in [0, 0.05) is 27.8 Å². The van der Waals surface area contributed by atoms with Crippen molar-refractivity contribution in [3.63, 3.8) is 0 Å².